The first kappa shape index (κ1) is 10.0. The lowest BCUT2D eigenvalue weighted by molar-refractivity contribution is 0.0527. The molecule has 0 saturated heterocycles. The van der Waals surface area contributed by atoms with Crippen molar-refractivity contribution in [2.24, 2.45) is 5.11 Å². The molecule has 0 bridgehead atoms. The number of hydrogen-bond donors (Lipinski definition) is 0. The summed E-state index contributed by atoms with van der Waals surface area (Å²) in [6.45, 7) is 1.96. The Morgan fingerprint density at radius 3 is 3.21 bits per heavy atom. The number of nitrogens with zero attached hydrogens (tertiary/aromatic N) is 4. The van der Waals surface area contributed by atoms with Gasteiger partial charge in [-0.2, -0.15) is 0 Å². The van der Waals surface area contributed by atoms with Crippen LogP contribution in [-0.2, 0) is 4.74 Å². The number of rotatable bonds is 3. The molecule has 1 heterocycles. The van der Waals surface area contributed by atoms with E-state index in [-0.39, 0.29) is 18.0 Å². The van der Waals surface area contributed by atoms with Crippen molar-refractivity contribution in [2.75, 3.05) is 6.61 Å². The fourth-order valence-electron chi connectivity index (χ4n) is 0.887. The summed E-state index contributed by atoms with van der Waals surface area (Å²) < 4.78 is 4.75. The van der Waals surface area contributed by atoms with Gasteiger partial charge in [0.2, 0.25) is 0 Å². The molecule has 0 radical (unpaired) electrons. The van der Waals surface area contributed by atoms with Crippen LogP contribution in [-0.4, -0.2) is 17.6 Å². The molecule has 0 amide bonds. The van der Waals surface area contributed by atoms with E-state index in [4.69, 9.17) is 10.3 Å². The molecule has 0 spiro atoms. The highest BCUT2D eigenvalue weighted by Crippen LogP contribution is 2.15. The molecule has 0 aliphatic carbocycles. The summed E-state index contributed by atoms with van der Waals surface area (Å²) in [5.74, 6) is -0.503. The first-order valence-electron chi connectivity index (χ1n) is 3.96. The molecule has 0 aromatic carbocycles. The molecular formula is C8H8N4O2. The number of carbonyl (C=O) groups excluding carboxylic acids is 1. The fourth-order valence-corrected chi connectivity index (χ4v) is 0.887. The molecule has 0 aliphatic rings. The lowest BCUT2D eigenvalue weighted by Gasteiger charge is -2.02. The van der Waals surface area contributed by atoms with Crippen molar-refractivity contribution in [2.45, 2.75) is 6.92 Å². The minimum absolute atomic E-state index is 0.0356. The van der Waals surface area contributed by atoms with Crippen LogP contribution in [0.5, 0.6) is 0 Å². The molecule has 0 saturated carbocycles. The van der Waals surface area contributed by atoms with Gasteiger partial charge in [0.25, 0.3) is 0 Å². The van der Waals surface area contributed by atoms with Gasteiger partial charge < -0.3 is 4.74 Å². The van der Waals surface area contributed by atoms with E-state index in [1.807, 2.05) is 0 Å². The van der Waals surface area contributed by atoms with Crippen molar-refractivity contribution in [3.8, 4) is 0 Å². The van der Waals surface area contributed by atoms with Gasteiger partial charge in [0.15, 0.2) is 0 Å². The molecule has 0 fully saturated rings. The summed E-state index contributed by atoms with van der Waals surface area (Å²) in [4.78, 5) is 17.6. The van der Waals surface area contributed by atoms with Gasteiger partial charge >= 0.3 is 5.97 Å². The minimum Gasteiger partial charge on any atom is -0.462 e. The highest BCUT2D eigenvalue weighted by atomic mass is 16.5. The van der Waals surface area contributed by atoms with Crippen LogP contribution in [0.3, 0.4) is 0 Å². The standard InChI is InChI=1S/C8H8N4O2/c1-2-14-8(13)6-4-3-5-10-7(6)11-12-9/h3-5H,2H2,1H3. The smallest absolute Gasteiger partial charge is 0.340 e. The maximum Gasteiger partial charge on any atom is 0.340 e. The summed E-state index contributed by atoms with van der Waals surface area (Å²) in [6.07, 6.45) is 1.44. The second kappa shape index (κ2) is 4.84. The maximum absolute atomic E-state index is 11.3. The van der Waals surface area contributed by atoms with Crippen LogP contribution in [0.2, 0.25) is 0 Å². The van der Waals surface area contributed by atoms with Crippen LogP contribution in [0.1, 0.15) is 17.3 Å². The number of hydrogen-bond acceptors (Lipinski definition) is 4. The van der Waals surface area contributed by atoms with Crippen LogP contribution in [0.4, 0.5) is 5.82 Å². The topological polar surface area (TPSA) is 88.0 Å². The predicted molar refractivity (Wildman–Crippen MR) is 49.0 cm³/mol. The average molecular weight is 192 g/mol. The second-order valence-corrected chi connectivity index (χ2v) is 2.28. The molecule has 1 aromatic heterocycles. The third-order valence-electron chi connectivity index (χ3n) is 1.42. The Bertz CT molecular complexity index is 385. The van der Waals surface area contributed by atoms with Crippen molar-refractivity contribution in [1.29, 1.82) is 0 Å². The number of ether oxygens (including phenoxy) is 1. The Balaban J connectivity index is 3.06. The lowest BCUT2D eigenvalue weighted by Crippen LogP contribution is -2.05. The molecule has 0 N–H and O–H groups in total. The zero-order chi connectivity index (χ0) is 10.4. The van der Waals surface area contributed by atoms with Gasteiger partial charge in [-0.25, -0.2) is 4.79 Å². The molecule has 1 aromatic rings. The first-order valence-corrected chi connectivity index (χ1v) is 3.96. The van der Waals surface area contributed by atoms with Gasteiger partial charge in [-0.1, -0.05) is 0 Å². The van der Waals surface area contributed by atoms with Crippen molar-refractivity contribution in [3.05, 3.63) is 34.3 Å². The Morgan fingerprint density at radius 1 is 1.79 bits per heavy atom. The van der Waals surface area contributed by atoms with Crippen molar-refractivity contribution >= 4 is 11.8 Å². The molecule has 6 heteroatoms. The van der Waals surface area contributed by atoms with E-state index in [9.17, 15) is 4.79 Å². The predicted octanol–water partition coefficient (Wildman–Crippen LogP) is 2.20. The van der Waals surface area contributed by atoms with Crippen LogP contribution in [0, 0.1) is 0 Å². The van der Waals surface area contributed by atoms with E-state index < -0.39 is 5.97 Å². The number of esters is 1. The molecule has 0 unspecified atom stereocenters. The van der Waals surface area contributed by atoms with E-state index >= 15 is 0 Å². The second-order valence-electron chi connectivity index (χ2n) is 2.28. The van der Waals surface area contributed by atoms with Crippen LogP contribution < -0.4 is 0 Å². The van der Waals surface area contributed by atoms with Gasteiger partial charge in [0.05, 0.1) is 12.2 Å². The maximum atomic E-state index is 11.3. The number of pyridine rings is 1. The first-order chi connectivity index (χ1) is 6.79. The Labute approximate surface area is 80.2 Å². The third-order valence-corrected chi connectivity index (χ3v) is 1.42. The van der Waals surface area contributed by atoms with Crippen molar-refractivity contribution < 1.29 is 9.53 Å². The van der Waals surface area contributed by atoms with E-state index in [1.165, 1.54) is 12.3 Å². The zero-order valence-electron chi connectivity index (χ0n) is 7.54. The number of carbonyl (C=O) groups is 1. The normalized spacial score (nSPS) is 8.93. The van der Waals surface area contributed by atoms with Crippen molar-refractivity contribution in [3.63, 3.8) is 0 Å². The zero-order valence-corrected chi connectivity index (χ0v) is 7.54. The largest absolute Gasteiger partial charge is 0.462 e. The number of azide groups is 1. The van der Waals surface area contributed by atoms with E-state index in [1.54, 1.807) is 13.0 Å². The molecule has 72 valence electrons. The molecule has 0 atom stereocenters. The van der Waals surface area contributed by atoms with Gasteiger partial charge in [-0.3, -0.25) is 4.98 Å². The average Bonchev–Trinajstić information content (AvgIpc) is 2.19. The lowest BCUT2D eigenvalue weighted by atomic mass is 10.2. The molecule has 1 rings (SSSR count). The van der Waals surface area contributed by atoms with Crippen LogP contribution in [0.25, 0.3) is 10.4 Å². The highest BCUT2D eigenvalue weighted by Gasteiger charge is 2.11. The summed E-state index contributed by atoms with van der Waals surface area (Å²) in [7, 11) is 0. The SMILES string of the molecule is CCOC(=O)c1cccnc1N=[N+]=[N-]. The quantitative estimate of drug-likeness (QED) is 0.318. The Morgan fingerprint density at radius 2 is 2.57 bits per heavy atom. The summed E-state index contributed by atoms with van der Waals surface area (Å²) in [5, 5.41) is 3.28. The fraction of sp³-hybridized carbons (Fsp3) is 0.250. The van der Waals surface area contributed by atoms with E-state index in [0.29, 0.717) is 0 Å². The summed E-state index contributed by atoms with van der Waals surface area (Å²) in [6, 6.07) is 3.07. The molecular weight excluding hydrogens is 184 g/mol. The monoisotopic (exact) mass is 192 g/mol. The Hall–Kier alpha value is -2.07. The molecule has 6 nitrogen and oxygen atoms in total. The van der Waals surface area contributed by atoms with Crippen LogP contribution >= 0.6 is 0 Å². The Kier molecular flexibility index (Phi) is 3.46. The van der Waals surface area contributed by atoms with Gasteiger partial charge in [-0.15, -0.1) is 0 Å². The van der Waals surface area contributed by atoms with Gasteiger partial charge in [0, 0.05) is 11.1 Å². The van der Waals surface area contributed by atoms with Crippen LogP contribution in [0.15, 0.2) is 23.4 Å². The van der Waals surface area contributed by atoms with Gasteiger partial charge in [0.1, 0.15) is 5.82 Å². The third kappa shape index (κ3) is 2.21. The summed E-state index contributed by atoms with van der Waals surface area (Å²) in [5.41, 5.74) is 8.40. The van der Waals surface area contributed by atoms with E-state index in [0.717, 1.165) is 0 Å². The summed E-state index contributed by atoms with van der Waals surface area (Å²) >= 11 is 0. The van der Waals surface area contributed by atoms with E-state index in [2.05, 4.69) is 15.0 Å². The van der Waals surface area contributed by atoms with Gasteiger partial charge in [-0.05, 0) is 29.7 Å². The van der Waals surface area contributed by atoms with Crippen molar-refractivity contribution in [1.82, 2.24) is 4.98 Å². The molecule has 0 aliphatic heterocycles. The number of aromatic nitrogens is 1. The minimum atomic E-state index is -0.539. The molecule has 14 heavy (non-hydrogen) atoms. The highest BCUT2D eigenvalue weighted by molar-refractivity contribution is 5.93.